The summed E-state index contributed by atoms with van der Waals surface area (Å²) in [6, 6.07) is 3.18. The largest absolute Gasteiger partial charge is 0.450 e. The molecule has 0 radical (unpaired) electrons. The molecule has 2 N–H and O–H groups in total. The zero-order valence-corrected chi connectivity index (χ0v) is 12.0. The number of amides is 2. The van der Waals surface area contributed by atoms with Crippen LogP contribution >= 0.6 is 11.6 Å². The first-order chi connectivity index (χ1) is 10.4. The third kappa shape index (κ3) is 4.71. The summed E-state index contributed by atoms with van der Waals surface area (Å²) in [6.07, 6.45) is -0.290. The Morgan fingerprint density at radius 2 is 2.00 bits per heavy atom. The van der Waals surface area contributed by atoms with Gasteiger partial charge in [0.25, 0.3) is 5.91 Å². The molecule has 2 amide bonds. The third-order valence-corrected chi connectivity index (χ3v) is 2.44. The van der Waals surface area contributed by atoms with Crippen molar-refractivity contribution in [3.8, 4) is 6.07 Å². The van der Waals surface area contributed by atoms with Crippen molar-refractivity contribution in [1.82, 2.24) is 5.32 Å². The van der Waals surface area contributed by atoms with Gasteiger partial charge in [-0.15, -0.1) is 0 Å². The van der Waals surface area contributed by atoms with Crippen LogP contribution in [0.2, 0.25) is 5.02 Å². The van der Waals surface area contributed by atoms with Crippen LogP contribution in [-0.4, -0.2) is 18.6 Å². The molecular weight excluding hydrogens is 320 g/mol. The van der Waals surface area contributed by atoms with Crippen LogP contribution in [0.4, 0.5) is 19.3 Å². The number of hydrogen-bond acceptors (Lipinski definition) is 5. The second-order valence-corrected chi connectivity index (χ2v) is 4.17. The fraction of sp³-hybridized carbons (Fsp3) is 0.154. The van der Waals surface area contributed by atoms with Crippen molar-refractivity contribution in [2.75, 3.05) is 11.9 Å². The van der Waals surface area contributed by atoms with Crippen LogP contribution < -0.4 is 10.6 Å². The van der Waals surface area contributed by atoms with Crippen molar-refractivity contribution in [2.24, 2.45) is 0 Å². The highest BCUT2D eigenvalue weighted by Crippen LogP contribution is 2.23. The van der Waals surface area contributed by atoms with E-state index in [1.165, 1.54) is 13.0 Å². The van der Waals surface area contributed by atoms with E-state index < -0.39 is 34.9 Å². The average molecular weight is 330 g/mol. The number of carbonyl (C=O) groups is 2. The van der Waals surface area contributed by atoms with E-state index in [2.05, 4.69) is 10.1 Å². The zero-order chi connectivity index (χ0) is 16.7. The van der Waals surface area contributed by atoms with Gasteiger partial charge in [-0.2, -0.15) is 5.26 Å². The molecule has 0 aromatic heterocycles. The summed E-state index contributed by atoms with van der Waals surface area (Å²) in [4.78, 5) is 22.6. The van der Waals surface area contributed by atoms with E-state index in [4.69, 9.17) is 16.9 Å². The van der Waals surface area contributed by atoms with E-state index in [1.54, 1.807) is 5.32 Å². The summed E-state index contributed by atoms with van der Waals surface area (Å²) in [5.41, 5.74) is -1.18. The van der Waals surface area contributed by atoms with Crippen molar-refractivity contribution in [3.63, 3.8) is 0 Å². The molecule has 6 nitrogen and oxygen atoms in total. The molecule has 0 fully saturated rings. The Labute approximate surface area is 129 Å². The van der Waals surface area contributed by atoms with E-state index in [1.807, 2.05) is 0 Å². The molecule has 0 heterocycles. The monoisotopic (exact) mass is 329 g/mol. The van der Waals surface area contributed by atoms with Gasteiger partial charge in [-0.3, -0.25) is 10.1 Å². The van der Waals surface area contributed by atoms with Gasteiger partial charge < -0.3 is 10.1 Å². The van der Waals surface area contributed by atoms with E-state index in [0.717, 1.165) is 18.3 Å². The van der Waals surface area contributed by atoms with E-state index in [9.17, 15) is 18.4 Å². The lowest BCUT2D eigenvalue weighted by Crippen LogP contribution is -2.32. The van der Waals surface area contributed by atoms with Gasteiger partial charge in [-0.1, -0.05) is 11.6 Å². The number of nitriles is 1. The minimum atomic E-state index is -1.08. The van der Waals surface area contributed by atoms with Gasteiger partial charge in [0.2, 0.25) is 0 Å². The van der Waals surface area contributed by atoms with E-state index in [0.29, 0.717) is 0 Å². The topological polar surface area (TPSA) is 91.2 Å². The normalized spacial score (nSPS) is 10.6. The zero-order valence-electron chi connectivity index (χ0n) is 11.2. The predicted molar refractivity (Wildman–Crippen MR) is 73.9 cm³/mol. The molecule has 0 aliphatic carbocycles. The van der Waals surface area contributed by atoms with Gasteiger partial charge in [0.1, 0.15) is 17.3 Å². The average Bonchev–Trinajstić information content (AvgIpc) is 2.41. The van der Waals surface area contributed by atoms with E-state index in [-0.39, 0.29) is 11.6 Å². The summed E-state index contributed by atoms with van der Waals surface area (Å²) < 4.78 is 31.5. The lowest BCUT2D eigenvalue weighted by Gasteiger charge is -2.06. The van der Waals surface area contributed by atoms with Crippen LogP contribution in [0.5, 0.6) is 0 Å². The van der Waals surface area contributed by atoms with Crippen molar-refractivity contribution in [3.05, 3.63) is 40.6 Å². The first-order valence-electron chi connectivity index (χ1n) is 5.88. The number of imide groups is 1. The number of hydrogen-bond donors (Lipinski definition) is 2. The van der Waals surface area contributed by atoms with Crippen LogP contribution in [0.15, 0.2) is 23.9 Å². The van der Waals surface area contributed by atoms with Gasteiger partial charge >= 0.3 is 6.09 Å². The quantitative estimate of drug-likeness (QED) is 0.654. The molecule has 0 saturated heterocycles. The van der Waals surface area contributed by atoms with Crippen molar-refractivity contribution in [2.45, 2.75) is 6.92 Å². The smallest absolute Gasteiger partial charge is 0.414 e. The van der Waals surface area contributed by atoms with Crippen molar-refractivity contribution < 1.29 is 23.1 Å². The number of ether oxygens (including phenoxy) is 1. The summed E-state index contributed by atoms with van der Waals surface area (Å²) in [5.74, 6) is -3.10. The number of nitrogens with one attached hydrogen (secondary N) is 2. The second-order valence-electron chi connectivity index (χ2n) is 3.73. The number of halogens is 3. The Morgan fingerprint density at radius 1 is 1.41 bits per heavy atom. The van der Waals surface area contributed by atoms with Gasteiger partial charge in [0, 0.05) is 11.2 Å². The summed E-state index contributed by atoms with van der Waals surface area (Å²) in [7, 11) is 0. The highest BCUT2D eigenvalue weighted by atomic mass is 35.5. The Hall–Kier alpha value is -2.66. The molecule has 1 rings (SSSR count). The lowest BCUT2D eigenvalue weighted by atomic mass is 10.2. The molecule has 0 aliphatic rings. The molecule has 0 unspecified atom stereocenters. The molecular formula is C13H10ClF2N3O3. The number of benzene rings is 1. The number of alkyl carbamates (subject to hydrolysis) is 1. The van der Waals surface area contributed by atoms with Gasteiger partial charge in [-0.25, -0.2) is 13.6 Å². The number of nitrogens with zero attached hydrogens (tertiary/aromatic N) is 1. The molecule has 0 saturated carbocycles. The predicted octanol–water partition coefficient (Wildman–Crippen LogP) is 2.71. The molecule has 9 heteroatoms. The first-order valence-corrected chi connectivity index (χ1v) is 6.26. The summed E-state index contributed by atoms with van der Waals surface area (Å²) in [5, 5.41) is 12.6. The maximum absolute atomic E-state index is 13.5. The van der Waals surface area contributed by atoms with Crippen LogP contribution in [0.1, 0.15) is 6.92 Å². The Morgan fingerprint density at radius 3 is 2.50 bits per heavy atom. The number of rotatable bonds is 4. The molecule has 0 atom stereocenters. The number of carbonyl (C=O) groups excluding carboxylic acids is 2. The fourth-order valence-electron chi connectivity index (χ4n) is 1.30. The maximum Gasteiger partial charge on any atom is 0.414 e. The van der Waals surface area contributed by atoms with Crippen LogP contribution in [0.3, 0.4) is 0 Å². The molecule has 1 aromatic carbocycles. The van der Waals surface area contributed by atoms with Crippen molar-refractivity contribution in [1.29, 1.82) is 5.26 Å². The Kier molecular flexibility index (Phi) is 6.28. The fourth-order valence-corrected chi connectivity index (χ4v) is 1.49. The molecule has 22 heavy (non-hydrogen) atoms. The molecule has 0 spiro atoms. The molecule has 0 bridgehead atoms. The summed E-state index contributed by atoms with van der Waals surface area (Å²) >= 11 is 5.46. The minimum Gasteiger partial charge on any atom is -0.450 e. The standard InChI is InChI=1S/C13H10ClF2N3O3/c1-2-22-13(21)19-12(20)7(5-17)6-18-11-9(15)3-8(14)4-10(11)16/h3-4,6,18H,2H2,1H3,(H,19,20,21). The molecule has 0 aliphatic heterocycles. The third-order valence-electron chi connectivity index (χ3n) is 2.22. The van der Waals surface area contributed by atoms with Gasteiger partial charge in [0.15, 0.2) is 11.6 Å². The Bertz CT molecular complexity index is 648. The molecule has 116 valence electrons. The maximum atomic E-state index is 13.5. The van der Waals surface area contributed by atoms with Gasteiger partial charge in [-0.05, 0) is 19.1 Å². The van der Waals surface area contributed by atoms with Crippen LogP contribution in [-0.2, 0) is 9.53 Å². The van der Waals surface area contributed by atoms with Crippen LogP contribution in [0, 0.1) is 23.0 Å². The SMILES string of the molecule is CCOC(=O)NC(=O)C(C#N)=CNc1c(F)cc(Cl)cc1F. The highest BCUT2D eigenvalue weighted by molar-refractivity contribution is 6.30. The first kappa shape index (κ1) is 17.4. The second kappa shape index (κ2) is 7.95. The highest BCUT2D eigenvalue weighted by Gasteiger charge is 2.15. The van der Waals surface area contributed by atoms with Crippen LogP contribution in [0.25, 0.3) is 0 Å². The number of anilines is 1. The molecule has 1 aromatic rings. The lowest BCUT2D eigenvalue weighted by molar-refractivity contribution is -0.116. The Balaban J connectivity index is 2.89. The minimum absolute atomic E-state index is 0.0319. The van der Waals surface area contributed by atoms with Crippen molar-refractivity contribution >= 4 is 29.3 Å². The summed E-state index contributed by atoms with van der Waals surface area (Å²) in [6.45, 7) is 1.56. The van der Waals surface area contributed by atoms with Gasteiger partial charge in [0.05, 0.1) is 6.61 Å². The van der Waals surface area contributed by atoms with E-state index >= 15 is 0 Å².